The molecule has 6 heterocycles. The lowest BCUT2D eigenvalue weighted by Gasteiger charge is -2.38. The fraction of sp³-hybridized carbons (Fsp3) is 0.548. The maximum absolute atomic E-state index is 15.2. The summed E-state index contributed by atoms with van der Waals surface area (Å²) in [7, 11) is 0. The molecule has 3 fully saturated rings. The standard InChI is InChI=1S/C22H22Cl2FNO3S.C21H28FNO4S.C19H26FNO4.ClH/c23-16-2-1-3-17(24)14(16)12-30-18-5-4-15-21(20(18)25)29-13-22(15)7-10-26(11-8-22)9-6-19(27)28;1-14(24)28-16-6-5-15-19(18(16)22)26-13-21(15)8-11-23(12-9-21)10-7-17(25)27-20(2,3)4;1-18(2,3)25-15(23)6-9-21-10-7-19(8-11-21)12-24-17-13(19)4-5-14(22)16(17)20;/h1-5H,6-13H2,(H,27,28);5-6H,7-13H2,1-4H3;4-5,22H,6-12H2,1-3H3;1H. The average molecular weight is 1270 g/mol. The highest BCUT2D eigenvalue weighted by atomic mass is 35.5. The summed E-state index contributed by atoms with van der Waals surface area (Å²) in [5.41, 5.74) is 2.01. The summed E-state index contributed by atoms with van der Waals surface area (Å²) in [5, 5.41) is 19.4. The Hall–Kier alpha value is -4.60. The molecule has 14 nitrogen and oxygen atoms in total. The Balaban J connectivity index is 0.000000181. The summed E-state index contributed by atoms with van der Waals surface area (Å²) in [6.45, 7) is 20.8. The topological polar surface area (TPSA) is 165 Å². The number of rotatable bonds is 13. The maximum Gasteiger partial charge on any atom is 0.307 e. The quantitative estimate of drug-likeness (QED) is 0.0958. The lowest BCUT2D eigenvalue weighted by molar-refractivity contribution is -0.156. The van der Waals surface area contributed by atoms with Gasteiger partial charge in [0, 0.05) is 80.2 Å². The second kappa shape index (κ2) is 28.0. The molecule has 10 rings (SSSR count). The first-order chi connectivity index (χ1) is 39.2. The highest BCUT2D eigenvalue weighted by molar-refractivity contribution is 8.13. The molecule has 0 atom stereocenters. The van der Waals surface area contributed by atoms with Gasteiger partial charge in [-0.05, 0) is 167 Å². The summed E-state index contributed by atoms with van der Waals surface area (Å²) >= 11 is 14.7. The third-order valence-corrected chi connectivity index (χ3v) is 18.9. The third-order valence-electron chi connectivity index (χ3n) is 16.3. The number of carboxylic acid groups (broad SMARTS) is 1. The molecule has 3 saturated heterocycles. The van der Waals surface area contributed by atoms with Crippen LogP contribution in [0.15, 0.2) is 64.4 Å². The van der Waals surface area contributed by atoms with E-state index in [4.69, 9.17) is 52.0 Å². The molecule has 0 aromatic heterocycles. The molecule has 4 aromatic carbocycles. The van der Waals surface area contributed by atoms with Crippen molar-refractivity contribution < 1.29 is 66.2 Å². The van der Waals surface area contributed by atoms with Crippen LogP contribution >= 0.6 is 59.1 Å². The van der Waals surface area contributed by atoms with Gasteiger partial charge in [0.1, 0.15) is 11.2 Å². The van der Waals surface area contributed by atoms with Gasteiger partial charge in [0.05, 0.1) is 44.0 Å². The minimum Gasteiger partial charge on any atom is -0.505 e. The van der Waals surface area contributed by atoms with Crippen molar-refractivity contribution >= 4 is 82.2 Å². The molecular weight excluding hydrogens is 1190 g/mol. The number of ether oxygens (including phenoxy) is 5. The first-order valence-corrected chi connectivity index (χ1v) is 30.9. The normalized spacial score (nSPS) is 18.3. The van der Waals surface area contributed by atoms with Crippen molar-refractivity contribution in [2.24, 2.45) is 0 Å². The summed E-state index contributed by atoms with van der Waals surface area (Å²) < 4.78 is 71.8. The first-order valence-electron chi connectivity index (χ1n) is 28.3. The zero-order valence-corrected chi connectivity index (χ0v) is 52.7. The van der Waals surface area contributed by atoms with Gasteiger partial charge in [0.15, 0.2) is 39.7 Å². The number of phenols is 1. The zero-order valence-electron chi connectivity index (χ0n) is 48.8. The van der Waals surface area contributed by atoms with E-state index in [0.717, 1.165) is 112 Å². The number of benzene rings is 4. The Morgan fingerprint density at radius 3 is 1.35 bits per heavy atom. The molecule has 3 spiro atoms. The molecule has 2 N–H and O–H groups in total. The Kier molecular flexibility index (Phi) is 22.3. The van der Waals surface area contributed by atoms with Gasteiger partial charge >= 0.3 is 17.9 Å². The molecule has 6 aliphatic heterocycles. The van der Waals surface area contributed by atoms with Gasteiger partial charge in [-0.3, -0.25) is 19.2 Å². The van der Waals surface area contributed by atoms with Crippen molar-refractivity contribution in [3.05, 3.63) is 104 Å². The molecule has 0 saturated carbocycles. The molecule has 22 heteroatoms. The van der Waals surface area contributed by atoms with Crippen molar-refractivity contribution in [1.29, 1.82) is 0 Å². The van der Waals surface area contributed by atoms with E-state index in [2.05, 4.69) is 14.7 Å². The Labute approximate surface area is 515 Å². The number of aromatic hydroxyl groups is 1. The predicted octanol–water partition coefficient (Wildman–Crippen LogP) is 13.0. The molecule has 84 heavy (non-hydrogen) atoms. The van der Waals surface area contributed by atoms with Crippen molar-refractivity contribution in [2.75, 3.05) is 78.7 Å². The fourth-order valence-electron chi connectivity index (χ4n) is 11.7. The number of hydrogen-bond acceptors (Lipinski definition) is 15. The van der Waals surface area contributed by atoms with Gasteiger partial charge in [-0.25, -0.2) is 8.78 Å². The van der Waals surface area contributed by atoms with Crippen LogP contribution in [0.2, 0.25) is 10.0 Å². The van der Waals surface area contributed by atoms with Crippen molar-refractivity contribution in [2.45, 2.75) is 149 Å². The number of carbonyl (C=O) groups is 4. The number of esters is 2. The number of nitrogens with zero attached hydrogens (tertiary/aromatic N) is 3. The van der Waals surface area contributed by atoms with Gasteiger partial charge in [0.2, 0.25) is 5.82 Å². The minimum atomic E-state index is -0.782. The molecule has 0 bridgehead atoms. The van der Waals surface area contributed by atoms with Crippen molar-refractivity contribution in [1.82, 2.24) is 14.7 Å². The smallest absolute Gasteiger partial charge is 0.307 e. The zero-order chi connectivity index (χ0) is 60.1. The summed E-state index contributed by atoms with van der Waals surface area (Å²) in [6.07, 6.45) is 5.96. The number of phenolic OH excluding ortho intramolecular Hbond substituents is 1. The minimum absolute atomic E-state index is 0. The SMILES string of the molecule is CC(=O)Sc1ccc2c(c1F)OCC21CCN(CCC(=O)OC(C)(C)C)CC1.CC(C)(C)OC(=O)CCN1CCC2(CC1)COc1c2ccc(O)c1F.Cl.O=C(O)CCN1CCC2(CC1)COc1c2ccc(SCc2c(Cl)cccc2Cl)c1F. The Bertz CT molecular complexity index is 3010. The number of halogens is 6. The van der Waals surface area contributed by atoms with E-state index < -0.39 is 28.8 Å². The summed E-state index contributed by atoms with van der Waals surface area (Å²) in [5.74, 6) is -1.62. The summed E-state index contributed by atoms with van der Waals surface area (Å²) in [6, 6.07) is 15.9. The van der Waals surface area contributed by atoms with Gasteiger partial charge in [-0.15, -0.1) is 24.2 Å². The van der Waals surface area contributed by atoms with Gasteiger partial charge in [-0.1, -0.05) is 47.5 Å². The molecule has 460 valence electrons. The van der Waals surface area contributed by atoms with Crippen LogP contribution in [-0.2, 0) is 50.6 Å². The maximum atomic E-state index is 15.2. The Morgan fingerprint density at radius 1 is 0.583 bits per heavy atom. The van der Waals surface area contributed by atoms with Gasteiger partial charge < -0.3 is 48.6 Å². The number of carbonyl (C=O) groups excluding carboxylic acids is 3. The van der Waals surface area contributed by atoms with Crippen LogP contribution in [0.1, 0.15) is 129 Å². The van der Waals surface area contributed by atoms with Gasteiger partial charge in [0.25, 0.3) is 0 Å². The number of thioether (sulfide) groups is 2. The second-order valence-corrected chi connectivity index (χ2v) is 27.5. The van der Waals surface area contributed by atoms with Crippen LogP contribution in [-0.4, -0.2) is 138 Å². The molecular formula is C62H77Cl3F3N3O11S2. The van der Waals surface area contributed by atoms with Crippen LogP contribution in [0, 0.1) is 17.5 Å². The largest absolute Gasteiger partial charge is 0.505 e. The van der Waals surface area contributed by atoms with E-state index in [9.17, 15) is 33.1 Å². The van der Waals surface area contributed by atoms with Crippen LogP contribution in [0.3, 0.4) is 0 Å². The number of carboxylic acids is 1. The number of likely N-dealkylation sites (tertiary alicyclic amines) is 3. The Morgan fingerprint density at radius 2 is 0.952 bits per heavy atom. The summed E-state index contributed by atoms with van der Waals surface area (Å²) in [4.78, 5) is 53.4. The van der Waals surface area contributed by atoms with Crippen LogP contribution in [0.25, 0.3) is 0 Å². The lowest BCUT2D eigenvalue weighted by Crippen LogP contribution is -2.44. The molecule has 0 aliphatic carbocycles. The van der Waals surface area contributed by atoms with E-state index in [0.29, 0.717) is 89.4 Å². The third kappa shape index (κ3) is 16.3. The van der Waals surface area contributed by atoms with Crippen LogP contribution in [0.4, 0.5) is 13.2 Å². The highest BCUT2D eigenvalue weighted by Crippen LogP contribution is 2.51. The van der Waals surface area contributed by atoms with E-state index in [-0.39, 0.29) is 69.4 Å². The number of fused-ring (bicyclic) bond motifs is 6. The molecule has 6 aliphatic rings. The predicted molar refractivity (Wildman–Crippen MR) is 322 cm³/mol. The molecule has 4 aromatic rings. The highest BCUT2D eigenvalue weighted by Gasteiger charge is 2.47. The van der Waals surface area contributed by atoms with Crippen LogP contribution < -0.4 is 14.2 Å². The van der Waals surface area contributed by atoms with Crippen molar-refractivity contribution in [3.63, 3.8) is 0 Å². The number of piperidine rings is 3. The van der Waals surface area contributed by atoms with Gasteiger partial charge in [-0.2, -0.15) is 4.39 Å². The number of aliphatic carboxylic acids is 1. The van der Waals surface area contributed by atoms with E-state index >= 15 is 4.39 Å². The molecule has 0 amide bonds. The van der Waals surface area contributed by atoms with E-state index in [1.165, 1.54) is 24.8 Å². The van der Waals surface area contributed by atoms with E-state index in [1.807, 2.05) is 59.7 Å². The first kappa shape index (κ1) is 66.9. The van der Waals surface area contributed by atoms with E-state index in [1.54, 1.807) is 30.3 Å². The van der Waals surface area contributed by atoms with Crippen LogP contribution in [0.5, 0.6) is 23.0 Å². The van der Waals surface area contributed by atoms with Crippen molar-refractivity contribution in [3.8, 4) is 23.0 Å². The lowest BCUT2D eigenvalue weighted by atomic mass is 9.74. The monoisotopic (exact) mass is 1270 g/mol. The second-order valence-electron chi connectivity index (χ2n) is 24.4. The molecule has 0 unspecified atom stereocenters. The number of hydrogen-bond donors (Lipinski definition) is 2. The average Bonchev–Trinajstić information content (AvgIpc) is 1.80. The fourth-order valence-corrected chi connectivity index (χ4v) is 14.0. The molecule has 0 radical (unpaired) electrons.